The lowest BCUT2D eigenvalue weighted by Gasteiger charge is -2.31. The Bertz CT molecular complexity index is 1020. The van der Waals surface area contributed by atoms with Gasteiger partial charge < -0.3 is 18.9 Å². The Morgan fingerprint density at radius 1 is 0.525 bits per heavy atom. The first-order chi connectivity index (χ1) is 18.3. The number of epoxide rings is 2. The largest absolute Gasteiger partial charge is 0.490 e. The molecular formula is C36H54O4. The van der Waals surface area contributed by atoms with E-state index in [1.165, 1.54) is 33.4 Å². The molecule has 2 aromatic carbocycles. The van der Waals surface area contributed by atoms with Gasteiger partial charge in [-0.05, 0) is 45.6 Å². The summed E-state index contributed by atoms with van der Waals surface area (Å²) in [6, 6.07) is 9.56. The van der Waals surface area contributed by atoms with Gasteiger partial charge >= 0.3 is 0 Å². The van der Waals surface area contributed by atoms with E-state index in [-0.39, 0.29) is 33.9 Å². The second kappa shape index (κ2) is 11.0. The van der Waals surface area contributed by atoms with Gasteiger partial charge in [0.15, 0.2) is 0 Å². The van der Waals surface area contributed by atoms with Crippen LogP contribution in [0.15, 0.2) is 24.3 Å². The molecular weight excluding hydrogens is 496 g/mol. The third-order valence-corrected chi connectivity index (χ3v) is 7.86. The van der Waals surface area contributed by atoms with Crippen molar-refractivity contribution >= 4 is 0 Å². The van der Waals surface area contributed by atoms with Gasteiger partial charge in [0.25, 0.3) is 0 Å². The molecule has 0 N–H and O–H groups in total. The number of aryl methyl sites for hydroxylation is 2. The van der Waals surface area contributed by atoms with E-state index in [4.69, 9.17) is 18.9 Å². The number of ether oxygens (including phenoxy) is 4. The Hall–Kier alpha value is -2.04. The van der Waals surface area contributed by atoms with Crippen molar-refractivity contribution in [2.45, 2.75) is 130 Å². The van der Waals surface area contributed by atoms with E-state index in [0.717, 1.165) is 37.6 Å². The molecule has 2 aliphatic rings. The van der Waals surface area contributed by atoms with E-state index in [0.29, 0.717) is 13.2 Å². The molecule has 40 heavy (non-hydrogen) atoms. The van der Waals surface area contributed by atoms with Crippen molar-refractivity contribution in [1.82, 2.24) is 0 Å². The van der Waals surface area contributed by atoms with Crippen LogP contribution in [0.25, 0.3) is 0 Å². The van der Waals surface area contributed by atoms with Crippen LogP contribution in [0.2, 0.25) is 0 Å². The molecule has 2 heterocycles. The summed E-state index contributed by atoms with van der Waals surface area (Å²) < 4.78 is 23.9. The van der Waals surface area contributed by atoms with Crippen LogP contribution < -0.4 is 9.47 Å². The first kappa shape index (κ1) is 30.9. The minimum atomic E-state index is -0.0289. The van der Waals surface area contributed by atoms with Crippen LogP contribution in [0, 0.1) is 0 Å². The fraction of sp³-hybridized carbons (Fsp3) is 0.667. The van der Waals surface area contributed by atoms with Gasteiger partial charge in [0.2, 0.25) is 0 Å². The normalized spacial score (nSPS) is 19.5. The van der Waals surface area contributed by atoms with E-state index in [2.05, 4.69) is 107 Å². The van der Waals surface area contributed by atoms with Crippen molar-refractivity contribution in [3.05, 3.63) is 57.6 Å². The quantitative estimate of drug-likeness (QED) is 0.295. The summed E-state index contributed by atoms with van der Waals surface area (Å²) in [6.45, 7) is 30.3. The van der Waals surface area contributed by atoms with Crippen LogP contribution in [0.1, 0.15) is 116 Å². The zero-order valence-corrected chi connectivity index (χ0v) is 27.3. The molecule has 2 saturated heterocycles. The Morgan fingerprint density at radius 2 is 0.775 bits per heavy atom. The number of benzene rings is 2. The highest BCUT2D eigenvalue weighted by Crippen LogP contribution is 2.43. The molecule has 2 unspecified atom stereocenters. The second-order valence-corrected chi connectivity index (χ2v) is 16.1. The number of hydrogen-bond donors (Lipinski definition) is 0. The summed E-state index contributed by atoms with van der Waals surface area (Å²) in [5.74, 6) is 2.09. The van der Waals surface area contributed by atoms with Crippen molar-refractivity contribution in [1.29, 1.82) is 0 Å². The number of rotatable bonds is 9. The fourth-order valence-corrected chi connectivity index (χ4v) is 5.18. The summed E-state index contributed by atoms with van der Waals surface area (Å²) in [4.78, 5) is 0. The molecule has 0 saturated carbocycles. The van der Waals surface area contributed by atoms with E-state index in [9.17, 15) is 0 Å². The molecule has 0 spiro atoms. The van der Waals surface area contributed by atoms with Gasteiger partial charge in [-0.1, -0.05) is 107 Å². The molecule has 4 nitrogen and oxygen atoms in total. The number of hydrogen-bond acceptors (Lipinski definition) is 4. The van der Waals surface area contributed by atoms with Crippen LogP contribution >= 0.6 is 0 Å². The van der Waals surface area contributed by atoms with Gasteiger partial charge in [-0.25, -0.2) is 0 Å². The van der Waals surface area contributed by atoms with Crippen molar-refractivity contribution in [3.8, 4) is 11.5 Å². The lowest BCUT2D eigenvalue weighted by Crippen LogP contribution is -2.22. The maximum Gasteiger partial charge on any atom is 0.126 e. The van der Waals surface area contributed by atoms with Crippen LogP contribution in [0.5, 0.6) is 11.5 Å². The molecule has 0 radical (unpaired) electrons. The van der Waals surface area contributed by atoms with Gasteiger partial charge in [0, 0.05) is 22.3 Å². The Labute approximate surface area is 244 Å². The van der Waals surface area contributed by atoms with E-state index in [1.54, 1.807) is 0 Å². The maximum atomic E-state index is 6.48. The minimum Gasteiger partial charge on any atom is -0.490 e. The Balaban J connectivity index is 1.71. The minimum absolute atomic E-state index is 0.0289. The van der Waals surface area contributed by atoms with Crippen molar-refractivity contribution in [3.63, 3.8) is 0 Å². The summed E-state index contributed by atoms with van der Waals surface area (Å²) in [7, 11) is 0. The van der Waals surface area contributed by atoms with Gasteiger partial charge in [0.1, 0.15) is 36.9 Å². The molecule has 222 valence electrons. The fourth-order valence-electron chi connectivity index (χ4n) is 5.18. The van der Waals surface area contributed by atoms with Crippen LogP contribution in [-0.4, -0.2) is 38.6 Å². The van der Waals surface area contributed by atoms with Crippen LogP contribution in [0.3, 0.4) is 0 Å². The van der Waals surface area contributed by atoms with Gasteiger partial charge in [-0.15, -0.1) is 0 Å². The summed E-state index contributed by atoms with van der Waals surface area (Å²) in [6.07, 6.45) is 2.42. The third-order valence-electron chi connectivity index (χ3n) is 7.86. The van der Waals surface area contributed by atoms with E-state index >= 15 is 0 Å². The molecule has 4 heteroatoms. The first-order valence-electron chi connectivity index (χ1n) is 15.2. The van der Waals surface area contributed by atoms with Crippen molar-refractivity contribution in [2.75, 3.05) is 26.4 Å². The maximum absolute atomic E-state index is 6.48. The van der Waals surface area contributed by atoms with E-state index in [1.807, 2.05) is 0 Å². The highest BCUT2D eigenvalue weighted by atomic mass is 16.6. The van der Waals surface area contributed by atoms with Gasteiger partial charge in [-0.3, -0.25) is 0 Å². The first-order valence-corrected chi connectivity index (χ1v) is 15.2. The summed E-state index contributed by atoms with van der Waals surface area (Å²) >= 11 is 0. The lowest BCUT2D eigenvalue weighted by atomic mass is 9.77. The predicted molar refractivity (Wildman–Crippen MR) is 166 cm³/mol. The average Bonchev–Trinajstić information content (AvgIpc) is 3.72. The zero-order chi connectivity index (χ0) is 29.7. The van der Waals surface area contributed by atoms with Gasteiger partial charge in [-0.2, -0.15) is 0 Å². The van der Waals surface area contributed by atoms with E-state index < -0.39 is 0 Å². The predicted octanol–water partition coefficient (Wildman–Crippen LogP) is 8.22. The van der Waals surface area contributed by atoms with Crippen LogP contribution in [0.4, 0.5) is 0 Å². The average molecular weight is 551 g/mol. The zero-order valence-electron chi connectivity index (χ0n) is 27.3. The summed E-state index contributed by atoms with van der Waals surface area (Å²) in [5, 5.41) is 0. The Morgan fingerprint density at radius 3 is 0.975 bits per heavy atom. The third kappa shape index (κ3) is 7.82. The highest BCUT2D eigenvalue weighted by molar-refractivity contribution is 5.53. The standard InChI is InChI=1S/C36H54O4/c1-33(2,3)27-15-23(16-28(34(4,5)6)31(27)39-21-25-19-37-25)13-14-24-17-29(35(7,8)9)32(40-22-26-20-38-26)30(18-24)36(10,11)12/h15-18,25-26H,13-14,19-22H2,1-12H3. The molecule has 2 aliphatic heterocycles. The van der Waals surface area contributed by atoms with Crippen molar-refractivity contribution in [2.24, 2.45) is 0 Å². The van der Waals surface area contributed by atoms with Crippen LogP contribution in [-0.2, 0) is 44.0 Å². The Kier molecular flexibility index (Phi) is 8.49. The molecule has 0 amide bonds. The lowest BCUT2D eigenvalue weighted by molar-refractivity contribution is 0.253. The summed E-state index contributed by atoms with van der Waals surface area (Å²) in [5.41, 5.74) is 7.76. The molecule has 2 atom stereocenters. The molecule has 4 rings (SSSR count). The smallest absolute Gasteiger partial charge is 0.126 e. The molecule has 0 bridgehead atoms. The van der Waals surface area contributed by atoms with Crippen molar-refractivity contribution < 1.29 is 18.9 Å². The SMILES string of the molecule is CC(C)(C)c1cc(CCc2cc(C(C)(C)C)c(OCC3CO3)c(C(C)(C)C)c2)cc(C(C)(C)C)c1OCC1CO1. The van der Waals surface area contributed by atoms with Gasteiger partial charge in [0.05, 0.1) is 13.2 Å². The topological polar surface area (TPSA) is 43.5 Å². The molecule has 0 aromatic heterocycles. The molecule has 2 aromatic rings. The molecule has 2 fully saturated rings. The molecule has 0 aliphatic carbocycles. The second-order valence-electron chi connectivity index (χ2n) is 16.1. The highest BCUT2D eigenvalue weighted by Gasteiger charge is 2.32. The monoisotopic (exact) mass is 550 g/mol.